The molecule has 0 bridgehead atoms. The summed E-state index contributed by atoms with van der Waals surface area (Å²) in [6, 6.07) is -0.0928. The summed E-state index contributed by atoms with van der Waals surface area (Å²) in [7, 11) is 0. The SMILES string of the molecule is CCC1CCC(CNC(C)C(=O)NC(C)(C)CC)CC1. The summed E-state index contributed by atoms with van der Waals surface area (Å²) in [5.41, 5.74) is -0.105. The monoisotopic (exact) mass is 282 g/mol. The first-order valence-corrected chi connectivity index (χ1v) is 8.43. The van der Waals surface area contributed by atoms with Gasteiger partial charge in [-0.25, -0.2) is 0 Å². The minimum absolute atomic E-state index is 0.0928. The molecule has 1 aliphatic carbocycles. The molecule has 1 aliphatic rings. The number of hydrogen-bond acceptors (Lipinski definition) is 2. The number of nitrogens with one attached hydrogen (secondary N) is 2. The molecule has 2 N–H and O–H groups in total. The normalized spacial score (nSPS) is 25.2. The first-order chi connectivity index (χ1) is 9.38. The molecule has 0 radical (unpaired) electrons. The highest BCUT2D eigenvalue weighted by Crippen LogP contribution is 2.30. The van der Waals surface area contributed by atoms with Gasteiger partial charge in [-0.3, -0.25) is 4.79 Å². The van der Waals surface area contributed by atoms with Gasteiger partial charge in [-0.1, -0.05) is 33.1 Å². The Hall–Kier alpha value is -0.570. The zero-order valence-corrected chi connectivity index (χ0v) is 14.1. The van der Waals surface area contributed by atoms with Crippen LogP contribution in [0.15, 0.2) is 0 Å². The topological polar surface area (TPSA) is 41.1 Å². The number of carbonyl (C=O) groups excluding carboxylic acids is 1. The van der Waals surface area contributed by atoms with E-state index in [2.05, 4.69) is 38.3 Å². The summed E-state index contributed by atoms with van der Waals surface area (Å²) in [4.78, 5) is 12.1. The predicted octanol–water partition coefficient (Wildman–Crippen LogP) is 3.49. The van der Waals surface area contributed by atoms with E-state index in [1.807, 2.05) is 6.92 Å². The van der Waals surface area contributed by atoms with Gasteiger partial charge < -0.3 is 10.6 Å². The summed E-state index contributed by atoms with van der Waals surface area (Å²) in [5.74, 6) is 1.82. The van der Waals surface area contributed by atoms with Crippen molar-refractivity contribution >= 4 is 5.91 Å². The van der Waals surface area contributed by atoms with Gasteiger partial charge in [0, 0.05) is 5.54 Å². The molecule has 1 unspecified atom stereocenters. The van der Waals surface area contributed by atoms with Crippen LogP contribution in [-0.2, 0) is 4.79 Å². The summed E-state index contributed by atoms with van der Waals surface area (Å²) in [6.45, 7) is 11.5. The van der Waals surface area contributed by atoms with Crippen LogP contribution in [0.2, 0.25) is 0 Å². The number of rotatable bonds is 7. The molecule has 0 aromatic rings. The Balaban J connectivity index is 2.26. The Bertz CT molecular complexity index is 293. The fraction of sp³-hybridized carbons (Fsp3) is 0.941. The molecule has 0 aliphatic heterocycles. The van der Waals surface area contributed by atoms with Crippen LogP contribution in [0.5, 0.6) is 0 Å². The van der Waals surface area contributed by atoms with Crippen LogP contribution in [-0.4, -0.2) is 24.0 Å². The van der Waals surface area contributed by atoms with E-state index < -0.39 is 0 Å². The molecular formula is C17H34N2O. The fourth-order valence-electron chi connectivity index (χ4n) is 2.81. The van der Waals surface area contributed by atoms with Gasteiger partial charge in [0.05, 0.1) is 6.04 Å². The molecule has 0 heterocycles. The van der Waals surface area contributed by atoms with Gasteiger partial charge in [0.2, 0.25) is 5.91 Å². The van der Waals surface area contributed by atoms with E-state index in [0.717, 1.165) is 24.8 Å². The maximum atomic E-state index is 12.1. The summed E-state index contributed by atoms with van der Waals surface area (Å²) in [6.07, 6.45) is 7.65. The Morgan fingerprint density at radius 2 is 1.70 bits per heavy atom. The van der Waals surface area contributed by atoms with Crippen LogP contribution < -0.4 is 10.6 Å². The first kappa shape index (κ1) is 17.5. The minimum Gasteiger partial charge on any atom is -0.350 e. The lowest BCUT2D eigenvalue weighted by Gasteiger charge is -2.30. The smallest absolute Gasteiger partial charge is 0.237 e. The van der Waals surface area contributed by atoms with Crippen molar-refractivity contribution in [3.8, 4) is 0 Å². The lowest BCUT2D eigenvalue weighted by atomic mass is 9.81. The van der Waals surface area contributed by atoms with Crippen LogP contribution in [0.4, 0.5) is 0 Å². The Morgan fingerprint density at radius 3 is 2.20 bits per heavy atom. The van der Waals surface area contributed by atoms with Gasteiger partial charge in [0.15, 0.2) is 0 Å². The van der Waals surface area contributed by atoms with Crippen LogP contribution in [0.3, 0.4) is 0 Å². The van der Waals surface area contributed by atoms with Crippen LogP contribution in [0.25, 0.3) is 0 Å². The van der Waals surface area contributed by atoms with Gasteiger partial charge in [-0.05, 0) is 58.4 Å². The number of amides is 1. The molecule has 1 saturated carbocycles. The fourth-order valence-corrected chi connectivity index (χ4v) is 2.81. The van der Waals surface area contributed by atoms with Crippen molar-refractivity contribution in [3.63, 3.8) is 0 Å². The zero-order chi connectivity index (χ0) is 15.2. The average Bonchev–Trinajstić information content (AvgIpc) is 2.44. The molecule has 0 aromatic carbocycles. The van der Waals surface area contributed by atoms with Crippen molar-refractivity contribution in [2.45, 2.75) is 84.7 Å². The summed E-state index contributed by atoms with van der Waals surface area (Å²) < 4.78 is 0. The maximum Gasteiger partial charge on any atom is 0.237 e. The standard InChI is InChI=1S/C17H34N2O/c1-6-14-8-10-15(11-9-14)12-18-13(3)16(20)19-17(4,5)7-2/h13-15,18H,6-12H2,1-5H3,(H,19,20). The van der Waals surface area contributed by atoms with E-state index >= 15 is 0 Å². The van der Waals surface area contributed by atoms with Crippen molar-refractivity contribution in [2.24, 2.45) is 11.8 Å². The molecular weight excluding hydrogens is 248 g/mol. The molecule has 118 valence electrons. The van der Waals surface area contributed by atoms with Gasteiger partial charge in [0.1, 0.15) is 0 Å². The lowest BCUT2D eigenvalue weighted by molar-refractivity contribution is -0.124. The maximum absolute atomic E-state index is 12.1. The highest BCUT2D eigenvalue weighted by atomic mass is 16.2. The minimum atomic E-state index is -0.105. The van der Waals surface area contributed by atoms with Gasteiger partial charge in [-0.2, -0.15) is 0 Å². The van der Waals surface area contributed by atoms with E-state index in [9.17, 15) is 4.79 Å². The molecule has 1 atom stereocenters. The molecule has 1 rings (SSSR count). The Kier molecular flexibility index (Phi) is 7.01. The molecule has 3 nitrogen and oxygen atoms in total. The van der Waals surface area contributed by atoms with Gasteiger partial charge >= 0.3 is 0 Å². The van der Waals surface area contributed by atoms with Crippen molar-refractivity contribution in [1.29, 1.82) is 0 Å². The molecule has 0 saturated heterocycles. The highest BCUT2D eigenvalue weighted by Gasteiger charge is 2.24. The van der Waals surface area contributed by atoms with Crippen molar-refractivity contribution < 1.29 is 4.79 Å². The molecule has 1 amide bonds. The number of hydrogen-bond donors (Lipinski definition) is 2. The lowest BCUT2D eigenvalue weighted by Crippen LogP contribution is -2.51. The first-order valence-electron chi connectivity index (χ1n) is 8.43. The third-order valence-corrected chi connectivity index (χ3v) is 5.00. The zero-order valence-electron chi connectivity index (χ0n) is 14.1. The van der Waals surface area contributed by atoms with E-state index in [-0.39, 0.29) is 17.5 Å². The highest BCUT2D eigenvalue weighted by molar-refractivity contribution is 5.81. The van der Waals surface area contributed by atoms with Crippen molar-refractivity contribution in [2.75, 3.05) is 6.54 Å². The molecule has 3 heteroatoms. The van der Waals surface area contributed by atoms with E-state index in [1.165, 1.54) is 32.1 Å². The second-order valence-corrected chi connectivity index (χ2v) is 7.15. The average molecular weight is 282 g/mol. The third kappa shape index (κ3) is 5.82. The molecule has 0 spiro atoms. The van der Waals surface area contributed by atoms with E-state index in [0.29, 0.717) is 0 Å². The molecule has 20 heavy (non-hydrogen) atoms. The Labute approximate surface area is 125 Å². The largest absolute Gasteiger partial charge is 0.350 e. The van der Waals surface area contributed by atoms with Gasteiger partial charge in [-0.15, -0.1) is 0 Å². The Morgan fingerprint density at radius 1 is 1.15 bits per heavy atom. The predicted molar refractivity (Wildman–Crippen MR) is 85.7 cm³/mol. The molecule has 0 aromatic heterocycles. The van der Waals surface area contributed by atoms with Gasteiger partial charge in [0.25, 0.3) is 0 Å². The summed E-state index contributed by atoms with van der Waals surface area (Å²) >= 11 is 0. The quantitative estimate of drug-likeness (QED) is 0.750. The van der Waals surface area contributed by atoms with Crippen LogP contribution in [0, 0.1) is 11.8 Å². The summed E-state index contributed by atoms with van der Waals surface area (Å²) in [5, 5.41) is 6.53. The molecule has 1 fully saturated rings. The third-order valence-electron chi connectivity index (χ3n) is 5.00. The van der Waals surface area contributed by atoms with E-state index in [4.69, 9.17) is 0 Å². The van der Waals surface area contributed by atoms with Crippen molar-refractivity contribution in [1.82, 2.24) is 10.6 Å². The second-order valence-electron chi connectivity index (χ2n) is 7.15. The number of carbonyl (C=O) groups is 1. The second kappa shape index (κ2) is 8.02. The van der Waals surface area contributed by atoms with E-state index in [1.54, 1.807) is 0 Å². The van der Waals surface area contributed by atoms with Crippen LogP contribution >= 0.6 is 0 Å². The van der Waals surface area contributed by atoms with Crippen molar-refractivity contribution in [3.05, 3.63) is 0 Å². The van der Waals surface area contributed by atoms with Crippen LogP contribution in [0.1, 0.15) is 73.1 Å².